The van der Waals surface area contributed by atoms with Crippen LogP contribution in [0.15, 0.2) is 0 Å². The lowest BCUT2D eigenvalue weighted by molar-refractivity contribution is -0.146. The Morgan fingerprint density at radius 3 is 2.11 bits per heavy atom. The predicted molar refractivity (Wildman–Crippen MR) is 75.6 cm³/mol. The van der Waals surface area contributed by atoms with Crippen LogP contribution in [0.3, 0.4) is 0 Å². The van der Waals surface area contributed by atoms with Gasteiger partial charge in [-0.25, -0.2) is 0 Å². The van der Waals surface area contributed by atoms with E-state index in [9.17, 15) is 9.59 Å². The molecule has 0 aliphatic heterocycles. The SMILES string of the molecule is CCOC(=O)C[C@@H](CC(=O)O)O[Si](C)(C)C(C)(C)C. The number of aliphatic carboxylic acids is 1. The maximum absolute atomic E-state index is 11.5. The lowest BCUT2D eigenvalue weighted by Crippen LogP contribution is -2.45. The first-order valence-electron chi connectivity index (χ1n) is 6.55. The van der Waals surface area contributed by atoms with E-state index in [-0.39, 0.29) is 17.9 Å². The summed E-state index contributed by atoms with van der Waals surface area (Å²) in [5.41, 5.74) is 0. The van der Waals surface area contributed by atoms with Crippen molar-refractivity contribution < 1.29 is 23.9 Å². The fraction of sp³-hybridized carbons (Fsp3) is 0.846. The van der Waals surface area contributed by atoms with Crippen LogP contribution in [-0.2, 0) is 18.8 Å². The molecular weight excluding hydrogens is 264 g/mol. The van der Waals surface area contributed by atoms with Crippen LogP contribution in [0.4, 0.5) is 0 Å². The number of carbonyl (C=O) groups excluding carboxylic acids is 1. The first-order chi connectivity index (χ1) is 8.49. The molecular formula is C13H26O5Si. The van der Waals surface area contributed by atoms with E-state index in [1.807, 2.05) is 13.1 Å². The Kier molecular flexibility index (Phi) is 6.72. The minimum atomic E-state index is -2.10. The lowest BCUT2D eigenvalue weighted by atomic mass is 10.2. The van der Waals surface area contributed by atoms with Crippen LogP contribution in [0.2, 0.25) is 18.1 Å². The lowest BCUT2D eigenvalue weighted by Gasteiger charge is -2.38. The van der Waals surface area contributed by atoms with E-state index >= 15 is 0 Å². The fourth-order valence-electron chi connectivity index (χ4n) is 1.35. The fourth-order valence-corrected chi connectivity index (χ4v) is 2.70. The Morgan fingerprint density at radius 2 is 1.74 bits per heavy atom. The normalized spacial score (nSPS) is 14.0. The number of esters is 1. The Balaban J connectivity index is 4.77. The molecule has 1 atom stereocenters. The Hall–Kier alpha value is -0.883. The van der Waals surface area contributed by atoms with Crippen LogP contribution in [-0.4, -0.2) is 38.1 Å². The molecule has 0 aliphatic rings. The Bertz CT molecular complexity index is 319. The van der Waals surface area contributed by atoms with E-state index in [4.69, 9.17) is 14.3 Å². The summed E-state index contributed by atoms with van der Waals surface area (Å²) in [5, 5.41) is 8.88. The van der Waals surface area contributed by atoms with Crippen molar-refractivity contribution in [3.63, 3.8) is 0 Å². The van der Waals surface area contributed by atoms with Gasteiger partial charge in [0.25, 0.3) is 0 Å². The van der Waals surface area contributed by atoms with Gasteiger partial charge >= 0.3 is 11.9 Å². The maximum atomic E-state index is 11.5. The van der Waals surface area contributed by atoms with Crippen molar-refractivity contribution in [2.45, 2.75) is 64.8 Å². The second-order valence-electron chi connectivity index (χ2n) is 6.11. The van der Waals surface area contributed by atoms with Gasteiger partial charge in [-0.05, 0) is 25.1 Å². The molecule has 19 heavy (non-hydrogen) atoms. The van der Waals surface area contributed by atoms with Crippen LogP contribution in [0, 0.1) is 0 Å². The summed E-state index contributed by atoms with van der Waals surface area (Å²) >= 11 is 0. The summed E-state index contributed by atoms with van der Waals surface area (Å²) in [6.07, 6.45) is -0.796. The highest BCUT2D eigenvalue weighted by Crippen LogP contribution is 2.38. The van der Waals surface area contributed by atoms with Crippen molar-refractivity contribution in [1.82, 2.24) is 0 Å². The minimum absolute atomic E-state index is 0.00729. The number of rotatable bonds is 7. The first kappa shape index (κ1) is 18.1. The quantitative estimate of drug-likeness (QED) is 0.576. The van der Waals surface area contributed by atoms with Gasteiger partial charge < -0.3 is 14.3 Å². The van der Waals surface area contributed by atoms with Gasteiger partial charge in [-0.15, -0.1) is 0 Å². The topological polar surface area (TPSA) is 72.8 Å². The molecule has 0 aliphatic carbocycles. The smallest absolute Gasteiger partial charge is 0.308 e. The number of ether oxygens (including phenoxy) is 1. The highest BCUT2D eigenvalue weighted by molar-refractivity contribution is 6.74. The molecule has 0 fully saturated rings. The van der Waals surface area contributed by atoms with E-state index in [1.165, 1.54) is 0 Å². The standard InChI is InChI=1S/C13H26O5Si/c1-7-17-12(16)9-10(8-11(14)15)18-19(5,6)13(2,3)4/h10H,7-9H2,1-6H3,(H,14,15)/t10-/m1/s1. The van der Waals surface area contributed by atoms with Gasteiger partial charge in [0.2, 0.25) is 0 Å². The van der Waals surface area contributed by atoms with Gasteiger partial charge in [-0.2, -0.15) is 0 Å². The zero-order valence-electron chi connectivity index (χ0n) is 12.8. The summed E-state index contributed by atoms with van der Waals surface area (Å²) in [6.45, 7) is 12.3. The molecule has 0 amide bonds. The summed E-state index contributed by atoms with van der Waals surface area (Å²) < 4.78 is 10.8. The summed E-state index contributed by atoms with van der Waals surface area (Å²) in [7, 11) is -2.10. The van der Waals surface area contributed by atoms with Gasteiger partial charge in [0.1, 0.15) is 0 Å². The second-order valence-corrected chi connectivity index (χ2v) is 10.9. The number of carboxylic acids is 1. The zero-order chi connectivity index (χ0) is 15.3. The van der Waals surface area contributed by atoms with Crippen molar-refractivity contribution in [3.05, 3.63) is 0 Å². The molecule has 6 heteroatoms. The molecule has 0 unspecified atom stereocenters. The third-order valence-corrected chi connectivity index (χ3v) is 7.90. The molecule has 0 saturated heterocycles. The predicted octanol–water partition coefficient (Wildman–Crippen LogP) is 2.80. The van der Waals surface area contributed by atoms with Crippen molar-refractivity contribution in [2.75, 3.05) is 6.61 Å². The monoisotopic (exact) mass is 290 g/mol. The zero-order valence-corrected chi connectivity index (χ0v) is 13.8. The van der Waals surface area contributed by atoms with E-state index in [2.05, 4.69) is 20.8 Å². The van der Waals surface area contributed by atoms with Crippen LogP contribution in [0.1, 0.15) is 40.5 Å². The van der Waals surface area contributed by atoms with Gasteiger partial charge in [-0.3, -0.25) is 9.59 Å². The van der Waals surface area contributed by atoms with Crippen molar-refractivity contribution in [2.24, 2.45) is 0 Å². The van der Waals surface area contributed by atoms with Crippen LogP contribution < -0.4 is 0 Å². The van der Waals surface area contributed by atoms with E-state index in [1.54, 1.807) is 6.92 Å². The third kappa shape index (κ3) is 6.73. The van der Waals surface area contributed by atoms with Crippen LogP contribution in [0.25, 0.3) is 0 Å². The van der Waals surface area contributed by atoms with Gasteiger partial charge in [0.05, 0.1) is 25.6 Å². The van der Waals surface area contributed by atoms with Crippen molar-refractivity contribution in [1.29, 1.82) is 0 Å². The molecule has 0 bridgehead atoms. The molecule has 0 aromatic carbocycles. The van der Waals surface area contributed by atoms with Gasteiger partial charge in [-0.1, -0.05) is 20.8 Å². The number of hydrogen-bond donors (Lipinski definition) is 1. The summed E-state index contributed by atoms with van der Waals surface area (Å²) in [6, 6.07) is 0. The second kappa shape index (κ2) is 7.05. The molecule has 0 heterocycles. The van der Waals surface area contributed by atoms with E-state index < -0.39 is 26.4 Å². The average molecular weight is 290 g/mol. The molecule has 0 aromatic heterocycles. The molecule has 0 spiro atoms. The summed E-state index contributed by atoms with van der Waals surface area (Å²) in [5.74, 6) is -1.37. The largest absolute Gasteiger partial charge is 0.481 e. The van der Waals surface area contributed by atoms with E-state index in [0.717, 1.165) is 0 Å². The molecule has 0 radical (unpaired) electrons. The van der Waals surface area contributed by atoms with Crippen molar-refractivity contribution in [3.8, 4) is 0 Å². The Labute approximate surface area is 116 Å². The van der Waals surface area contributed by atoms with Crippen LogP contribution in [0.5, 0.6) is 0 Å². The molecule has 0 rings (SSSR count). The van der Waals surface area contributed by atoms with Gasteiger partial charge in [0.15, 0.2) is 8.32 Å². The molecule has 1 N–H and O–H groups in total. The van der Waals surface area contributed by atoms with Crippen LogP contribution >= 0.6 is 0 Å². The molecule has 0 aromatic rings. The van der Waals surface area contributed by atoms with Gasteiger partial charge in [0, 0.05) is 0 Å². The molecule has 112 valence electrons. The molecule has 0 saturated carbocycles. The number of carboxylic acid groups (broad SMARTS) is 1. The number of carbonyl (C=O) groups is 2. The molecule has 5 nitrogen and oxygen atoms in total. The first-order valence-corrected chi connectivity index (χ1v) is 9.45. The third-order valence-electron chi connectivity index (χ3n) is 3.37. The maximum Gasteiger partial charge on any atom is 0.308 e. The summed E-state index contributed by atoms with van der Waals surface area (Å²) in [4.78, 5) is 22.4. The average Bonchev–Trinajstić information content (AvgIpc) is 2.13. The number of hydrogen-bond acceptors (Lipinski definition) is 4. The Morgan fingerprint density at radius 1 is 1.21 bits per heavy atom. The highest BCUT2D eigenvalue weighted by atomic mass is 28.4. The highest BCUT2D eigenvalue weighted by Gasteiger charge is 2.40. The van der Waals surface area contributed by atoms with Crippen molar-refractivity contribution >= 4 is 20.3 Å². The van der Waals surface area contributed by atoms with E-state index in [0.29, 0.717) is 6.61 Å². The minimum Gasteiger partial charge on any atom is -0.481 e.